The van der Waals surface area contributed by atoms with E-state index in [1.54, 1.807) is 0 Å². The fourth-order valence-electron chi connectivity index (χ4n) is 0.999. The Kier molecular flexibility index (Phi) is 4.00. The lowest BCUT2D eigenvalue weighted by molar-refractivity contribution is 0.0942. The van der Waals surface area contributed by atoms with Gasteiger partial charge >= 0.3 is 0 Å². The summed E-state index contributed by atoms with van der Waals surface area (Å²) in [6, 6.07) is 0. The first-order chi connectivity index (χ1) is 7.42. The fourth-order valence-corrected chi connectivity index (χ4v) is 0.999. The average molecular weight is 226 g/mol. The molecule has 1 rings (SSSR count). The third-order valence-electron chi connectivity index (χ3n) is 1.78. The van der Waals surface area contributed by atoms with Crippen molar-refractivity contribution in [1.82, 2.24) is 20.8 Å². The highest BCUT2D eigenvalue weighted by molar-refractivity contribution is 5.90. The predicted molar refractivity (Wildman–Crippen MR) is 58.9 cm³/mol. The molecule has 0 aliphatic carbocycles. The fraction of sp³-hybridized carbons (Fsp3) is 0.700. The van der Waals surface area contributed by atoms with E-state index in [9.17, 15) is 4.79 Å². The van der Waals surface area contributed by atoms with E-state index in [-0.39, 0.29) is 17.3 Å². The lowest BCUT2D eigenvalue weighted by Gasteiger charge is -2.18. The van der Waals surface area contributed by atoms with Gasteiger partial charge in [0.25, 0.3) is 11.7 Å². The smallest absolute Gasteiger partial charge is 0.292 e. The number of nitrogens with one attached hydrogen (secondary N) is 2. The molecule has 0 spiro atoms. The van der Waals surface area contributed by atoms with Gasteiger partial charge in [-0.05, 0) is 27.7 Å². The largest absolute Gasteiger partial charge is 0.349 e. The molecule has 0 radical (unpaired) electrons. The molecule has 0 aliphatic heterocycles. The number of hydrogen-bond acceptors (Lipinski definition) is 5. The number of carbonyl (C=O) groups is 1. The van der Waals surface area contributed by atoms with E-state index < -0.39 is 0 Å². The lowest BCUT2D eigenvalue weighted by Crippen LogP contribution is -2.35. The van der Waals surface area contributed by atoms with Gasteiger partial charge in [0.2, 0.25) is 5.89 Å². The van der Waals surface area contributed by atoms with Crippen molar-refractivity contribution in [2.24, 2.45) is 0 Å². The highest BCUT2D eigenvalue weighted by Crippen LogP contribution is 2.02. The predicted octanol–water partition coefficient (Wildman–Crippen LogP) is 0.707. The molecule has 0 unspecified atom stereocenters. The van der Waals surface area contributed by atoms with Gasteiger partial charge in [0.1, 0.15) is 0 Å². The van der Waals surface area contributed by atoms with Gasteiger partial charge in [-0.25, -0.2) is 0 Å². The van der Waals surface area contributed by atoms with Gasteiger partial charge in [0, 0.05) is 12.1 Å². The second-order valence-corrected chi connectivity index (χ2v) is 4.47. The minimum atomic E-state index is -0.312. The van der Waals surface area contributed by atoms with Gasteiger partial charge in [-0.2, -0.15) is 4.98 Å². The summed E-state index contributed by atoms with van der Waals surface area (Å²) in [7, 11) is 0. The number of hydrogen-bond donors (Lipinski definition) is 2. The highest BCUT2D eigenvalue weighted by atomic mass is 16.5. The van der Waals surface area contributed by atoms with Crippen LogP contribution in [0.5, 0.6) is 0 Å². The van der Waals surface area contributed by atoms with Crippen LogP contribution in [0.4, 0.5) is 0 Å². The normalized spacial score (nSPS) is 11.5. The van der Waals surface area contributed by atoms with Gasteiger partial charge in [0.05, 0.1) is 6.54 Å². The van der Waals surface area contributed by atoms with Gasteiger partial charge in [-0.1, -0.05) is 5.16 Å². The quantitative estimate of drug-likeness (QED) is 0.790. The molecule has 0 bridgehead atoms. The third-order valence-corrected chi connectivity index (χ3v) is 1.78. The zero-order chi connectivity index (χ0) is 12.2. The summed E-state index contributed by atoms with van der Waals surface area (Å²) < 4.78 is 4.94. The van der Waals surface area contributed by atoms with Crippen LogP contribution in [0.1, 0.15) is 44.2 Å². The Morgan fingerprint density at radius 3 is 2.69 bits per heavy atom. The van der Waals surface area contributed by atoms with Crippen LogP contribution in [0, 0.1) is 0 Å². The molecule has 0 aromatic carbocycles. The molecule has 90 valence electrons. The molecule has 6 nitrogen and oxygen atoms in total. The first-order valence-corrected chi connectivity index (χ1v) is 5.28. The van der Waals surface area contributed by atoms with Crippen molar-refractivity contribution in [3.63, 3.8) is 0 Å². The number of rotatable bonds is 4. The molecule has 1 heterocycles. The summed E-state index contributed by atoms with van der Waals surface area (Å²) in [5.41, 5.74) is -0.0275. The molecule has 2 N–H and O–H groups in total. The number of amides is 1. The van der Waals surface area contributed by atoms with Gasteiger partial charge in [-0.15, -0.1) is 0 Å². The Bertz CT molecular complexity index is 354. The van der Waals surface area contributed by atoms with Gasteiger partial charge in [-0.3, -0.25) is 4.79 Å². The van der Waals surface area contributed by atoms with Crippen molar-refractivity contribution in [1.29, 1.82) is 0 Å². The summed E-state index contributed by atoms with van der Waals surface area (Å²) in [6.07, 6.45) is 0. The molecule has 0 aliphatic rings. The summed E-state index contributed by atoms with van der Waals surface area (Å²) >= 11 is 0. The summed E-state index contributed by atoms with van der Waals surface area (Å²) in [5.74, 6) is 0.178. The minimum absolute atomic E-state index is 0.0275. The van der Waals surface area contributed by atoms with Crippen molar-refractivity contribution in [3.8, 4) is 0 Å². The van der Waals surface area contributed by atoms with Crippen LogP contribution < -0.4 is 10.6 Å². The van der Waals surface area contributed by atoms with E-state index in [0.29, 0.717) is 19.0 Å². The molecule has 16 heavy (non-hydrogen) atoms. The Morgan fingerprint density at radius 2 is 2.12 bits per heavy atom. The Hall–Kier alpha value is -1.43. The van der Waals surface area contributed by atoms with Crippen LogP contribution in [0.2, 0.25) is 0 Å². The van der Waals surface area contributed by atoms with E-state index in [1.807, 2.05) is 27.7 Å². The molecule has 0 saturated carbocycles. The Morgan fingerprint density at radius 1 is 1.44 bits per heavy atom. The van der Waals surface area contributed by atoms with Crippen LogP contribution in [-0.4, -0.2) is 28.1 Å². The third kappa shape index (κ3) is 3.98. The molecule has 0 fully saturated rings. The zero-order valence-corrected chi connectivity index (χ0v) is 10.1. The van der Waals surface area contributed by atoms with Crippen LogP contribution in [0.15, 0.2) is 4.52 Å². The van der Waals surface area contributed by atoms with Gasteiger partial charge < -0.3 is 15.2 Å². The van der Waals surface area contributed by atoms with Crippen molar-refractivity contribution in [2.45, 2.75) is 39.8 Å². The maximum absolute atomic E-state index is 11.3. The topological polar surface area (TPSA) is 80.0 Å². The first kappa shape index (κ1) is 12.6. The highest BCUT2D eigenvalue weighted by Gasteiger charge is 2.15. The molecular formula is C10H18N4O2. The summed E-state index contributed by atoms with van der Waals surface area (Å²) in [4.78, 5) is 15.3. The van der Waals surface area contributed by atoms with E-state index in [2.05, 4.69) is 20.8 Å². The second-order valence-electron chi connectivity index (χ2n) is 4.47. The van der Waals surface area contributed by atoms with Crippen LogP contribution in [0.25, 0.3) is 0 Å². The standard InChI is InChI=1S/C10H18N4O2/c1-5-11-9(15)8-13-7(16-14-8)6-12-10(2,3)4/h12H,5-6H2,1-4H3,(H,11,15). The molecule has 6 heteroatoms. The maximum Gasteiger partial charge on any atom is 0.292 e. The van der Waals surface area contributed by atoms with Crippen molar-refractivity contribution >= 4 is 5.91 Å². The van der Waals surface area contributed by atoms with E-state index in [0.717, 1.165) is 0 Å². The lowest BCUT2D eigenvalue weighted by atomic mass is 10.1. The van der Waals surface area contributed by atoms with Crippen LogP contribution in [-0.2, 0) is 6.54 Å². The Balaban J connectivity index is 2.55. The number of aromatic nitrogens is 2. The van der Waals surface area contributed by atoms with Crippen molar-refractivity contribution in [3.05, 3.63) is 11.7 Å². The molecule has 0 atom stereocenters. The molecule has 1 aromatic rings. The van der Waals surface area contributed by atoms with E-state index >= 15 is 0 Å². The van der Waals surface area contributed by atoms with E-state index in [4.69, 9.17) is 4.52 Å². The monoisotopic (exact) mass is 226 g/mol. The van der Waals surface area contributed by atoms with Crippen LogP contribution in [0.3, 0.4) is 0 Å². The zero-order valence-electron chi connectivity index (χ0n) is 10.1. The molecule has 1 aromatic heterocycles. The number of carbonyl (C=O) groups excluding carboxylic acids is 1. The summed E-state index contributed by atoms with van der Waals surface area (Å²) in [6.45, 7) is 8.94. The minimum Gasteiger partial charge on any atom is -0.349 e. The van der Waals surface area contributed by atoms with Crippen molar-refractivity contribution in [2.75, 3.05) is 6.54 Å². The molecular weight excluding hydrogens is 208 g/mol. The first-order valence-electron chi connectivity index (χ1n) is 5.28. The van der Waals surface area contributed by atoms with Crippen LogP contribution >= 0.6 is 0 Å². The molecule has 1 amide bonds. The second kappa shape index (κ2) is 5.07. The SMILES string of the molecule is CCNC(=O)c1noc(CNC(C)(C)C)n1. The summed E-state index contributed by atoms with van der Waals surface area (Å²) in [5, 5.41) is 9.39. The average Bonchev–Trinajstić information content (AvgIpc) is 2.62. The molecule has 0 saturated heterocycles. The maximum atomic E-state index is 11.3. The number of nitrogens with zero attached hydrogens (tertiary/aromatic N) is 2. The van der Waals surface area contributed by atoms with Gasteiger partial charge in [0.15, 0.2) is 0 Å². The van der Waals surface area contributed by atoms with E-state index in [1.165, 1.54) is 0 Å². The Labute approximate surface area is 94.8 Å². The van der Waals surface area contributed by atoms with Crippen molar-refractivity contribution < 1.29 is 9.32 Å².